The highest BCUT2D eigenvalue weighted by Crippen LogP contribution is 2.28. The highest BCUT2D eigenvalue weighted by atomic mass is 32.1. The second-order valence-electron chi connectivity index (χ2n) is 3.64. The van der Waals surface area contributed by atoms with E-state index in [1.54, 1.807) is 12.4 Å². The number of benzene rings is 1. The lowest BCUT2D eigenvalue weighted by Crippen LogP contribution is -1.94. The maximum atomic E-state index is 11.4. The Morgan fingerprint density at radius 1 is 1.31 bits per heavy atom. The lowest BCUT2D eigenvalue weighted by molar-refractivity contribution is 0.101. The first-order valence-corrected chi connectivity index (χ1v) is 6.14. The third-order valence-corrected chi connectivity index (χ3v) is 3.40. The van der Waals surface area contributed by atoms with Crippen LogP contribution < -0.4 is 0 Å². The Morgan fingerprint density at radius 2 is 2.00 bits per heavy atom. The van der Waals surface area contributed by atoms with Crippen LogP contribution in [0.2, 0.25) is 0 Å². The number of rotatable bonds is 3. The van der Waals surface area contributed by atoms with Crippen LogP contribution in [0.25, 0.3) is 10.4 Å². The molecule has 0 amide bonds. The summed E-state index contributed by atoms with van der Waals surface area (Å²) in [5.74, 6) is 0.0239. The van der Waals surface area contributed by atoms with Crippen molar-refractivity contribution in [2.75, 3.05) is 0 Å². The Balaban J connectivity index is 2.42. The van der Waals surface area contributed by atoms with Crippen molar-refractivity contribution < 1.29 is 4.79 Å². The summed E-state index contributed by atoms with van der Waals surface area (Å²) < 4.78 is 0. The van der Waals surface area contributed by atoms with Crippen molar-refractivity contribution in [3.63, 3.8) is 0 Å². The van der Waals surface area contributed by atoms with Crippen molar-refractivity contribution in [1.82, 2.24) is 4.98 Å². The van der Waals surface area contributed by atoms with Gasteiger partial charge in [-0.25, -0.2) is 4.98 Å². The number of hydrogen-bond donors (Lipinski definition) is 0. The molecule has 2 rings (SSSR count). The summed E-state index contributed by atoms with van der Waals surface area (Å²) in [5.41, 5.74) is 4.68. The van der Waals surface area contributed by atoms with Crippen LogP contribution in [0.15, 0.2) is 29.8 Å². The Bertz CT molecular complexity index is 499. The van der Waals surface area contributed by atoms with Crippen LogP contribution in [0.1, 0.15) is 29.9 Å². The van der Waals surface area contributed by atoms with Crippen LogP contribution in [-0.4, -0.2) is 10.8 Å². The zero-order chi connectivity index (χ0) is 11.5. The fourth-order valence-electron chi connectivity index (χ4n) is 1.59. The first-order valence-electron chi connectivity index (χ1n) is 5.26. The Kier molecular flexibility index (Phi) is 3.15. The molecule has 2 aromatic rings. The normalized spacial score (nSPS) is 10.4. The van der Waals surface area contributed by atoms with Crippen LogP contribution >= 0.6 is 11.3 Å². The maximum Gasteiger partial charge on any atom is 0.179 e. The van der Waals surface area contributed by atoms with Gasteiger partial charge in [0.2, 0.25) is 0 Å². The van der Waals surface area contributed by atoms with Crippen LogP contribution in [0, 0.1) is 0 Å². The summed E-state index contributed by atoms with van der Waals surface area (Å²) in [6, 6.07) is 8.30. The minimum absolute atomic E-state index is 0.0239. The van der Waals surface area contributed by atoms with Gasteiger partial charge in [-0.3, -0.25) is 4.79 Å². The molecule has 16 heavy (non-hydrogen) atoms. The first kappa shape index (κ1) is 11.0. The molecule has 0 unspecified atom stereocenters. The van der Waals surface area contributed by atoms with Gasteiger partial charge >= 0.3 is 0 Å². The fourth-order valence-corrected chi connectivity index (χ4v) is 2.44. The van der Waals surface area contributed by atoms with Crippen LogP contribution in [0.5, 0.6) is 0 Å². The Hall–Kier alpha value is -1.48. The molecule has 0 radical (unpaired) electrons. The van der Waals surface area contributed by atoms with Gasteiger partial charge in [0.15, 0.2) is 5.78 Å². The Morgan fingerprint density at radius 3 is 2.56 bits per heavy atom. The number of thiazole rings is 1. The zero-order valence-corrected chi connectivity index (χ0v) is 10.2. The number of aryl methyl sites for hydroxylation is 1. The molecule has 0 aliphatic carbocycles. The van der Waals surface area contributed by atoms with Gasteiger partial charge in [-0.1, -0.05) is 31.2 Å². The molecule has 1 aromatic carbocycles. The van der Waals surface area contributed by atoms with Crippen molar-refractivity contribution in [2.24, 2.45) is 0 Å². The third kappa shape index (κ3) is 2.04. The standard InChI is InChI=1S/C13H13NOS/c1-3-10-4-6-11(7-5-10)13-12(9(2)15)14-8-16-13/h4-8H,3H2,1-2H3. The molecule has 1 heterocycles. The quantitative estimate of drug-likeness (QED) is 0.756. The molecule has 0 saturated carbocycles. The maximum absolute atomic E-state index is 11.4. The molecule has 2 nitrogen and oxygen atoms in total. The molecule has 1 aromatic heterocycles. The van der Waals surface area contributed by atoms with Gasteiger partial charge in [-0.05, 0) is 17.5 Å². The second kappa shape index (κ2) is 4.58. The van der Waals surface area contributed by atoms with E-state index in [0.717, 1.165) is 16.9 Å². The number of carbonyl (C=O) groups excluding carboxylic acids is 1. The molecule has 0 aliphatic heterocycles. The molecular weight excluding hydrogens is 218 g/mol. The summed E-state index contributed by atoms with van der Waals surface area (Å²) in [4.78, 5) is 16.4. The van der Waals surface area contributed by atoms with Crippen molar-refractivity contribution >= 4 is 17.1 Å². The van der Waals surface area contributed by atoms with Crippen LogP contribution in [0.3, 0.4) is 0 Å². The molecule has 0 aliphatic rings. The van der Waals surface area contributed by atoms with E-state index >= 15 is 0 Å². The molecule has 82 valence electrons. The van der Waals surface area contributed by atoms with E-state index in [1.165, 1.54) is 16.9 Å². The van der Waals surface area contributed by atoms with E-state index in [4.69, 9.17) is 0 Å². The summed E-state index contributed by atoms with van der Waals surface area (Å²) >= 11 is 1.51. The van der Waals surface area contributed by atoms with E-state index in [1.807, 2.05) is 0 Å². The summed E-state index contributed by atoms with van der Waals surface area (Å²) in [6.45, 7) is 3.68. The van der Waals surface area contributed by atoms with Crippen molar-refractivity contribution in [1.29, 1.82) is 0 Å². The lowest BCUT2D eigenvalue weighted by Gasteiger charge is -2.01. The van der Waals surface area contributed by atoms with Gasteiger partial charge in [-0.2, -0.15) is 0 Å². The van der Waals surface area contributed by atoms with E-state index in [0.29, 0.717) is 5.69 Å². The number of nitrogens with zero attached hydrogens (tertiary/aromatic N) is 1. The van der Waals surface area contributed by atoms with Gasteiger partial charge in [0.25, 0.3) is 0 Å². The first-order chi connectivity index (χ1) is 7.72. The number of ketones is 1. The number of Topliss-reactive ketones (excluding diaryl/α,β-unsaturated/α-hetero) is 1. The summed E-state index contributed by atoms with van der Waals surface area (Å²) in [7, 11) is 0. The predicted octanol–water partition coefficient (Wildman–Crippen LogP) is 3.58. The molecule has 0 spiro atoms. The summed E-state index contributed by atoms with van der Waals surface area (Å²) in [6.07, 6.45) is 1.03. The van der Waals surface area contributed by atoms with E-state index in [2.05, 4.69) is 36.2 Å². The minimum atomic E-state index is 0.0239. The van der Waals surface area contributed by atoms with E-state index < -0.39 is 0 Å². The van der Waals surface area contributed by atoms with Crippen molar-refractivity contribution in [3.8, 4) is 10.4 Å². The number of carbonyl (C=O) groups is 1. The topological polar surface area (TPSA) is 30.0 Å². The van der Waals surface area contributed by atoms with E-state index in [9.17, 15) is 4.79 Å². The molecular formula is C13H13NOS. The fraction of sp³-hybridized carbons (Fsp3) is 0.231. The average molecular weight is 231 g/mol. The minimum Gasteiger partial charge on any atom is -0.293 e. The lowest BCUT2D eigenvalue weighted by atomic mass is 10.1. The second-order valence-corrected chi connectivity index (χ2v) is 4.49. The van der Waals surface area contributed by atoms with Crippen LogP contribution in [0.4, 0.5) is 0 Å². The molecule has 0 atom stereocenters. The van der Waals surface area contributed by atoms with Gasteiger partial charge in [-0.15, -0.1) is 11.3 Å². The van der Waals surface area contributed by atoms with Crippen molar-refractivity contribution in [2.45, 2.75) is 20.3 Å². The van der Waals surface area contributed by atoms with Gasteiger partial charge in [0.05, 0.1) is 10.4 Å². The van der Waals surface area contributed by atoms with E-state index in [-0.39, 0.29) is 5.78 Å². The molecule has 0 bridgehead atoms. The zero-order valence-electron chi connectivity index (χ0n) is 9.36. The smallest absolute Gasteiger partial charge is 0.179 e. The Labute approximate surface area is 99.0 Å². The largest absolute Gasteiger partial charge is 0.293 e. The molecule has 0 fully saturated rings. The van der Waals surface area contributed by atoms with Crippen molar-refractivity contribution in [3.05, 3.63) is 41.0 Å². The third-order valence-electron chi connectivity index (χ3n) is 2.53. The average Bonchev–Trinajstić information content (AvgIpc) is 2.78. The predicted molar refractivity (Wildman–Crippen MR) is 66.9 cm³/mol. The number of aromatic nitrogens is 1. The van der Waals surface area contributed by atoms with Gasteiger partial charge in [0, 0.05) is 6.92 Å². The molecule has 0 saturated heterocycles. The van der Waals surface area contributed by atoms with Gasteiger partial charge < -0.3 is 0 Å². The molecule has 3 heteroatoms. The molecule has 0 N–H and O–H groups in total. The monoisotopic (exact) mass is 231 g/mol. The highest BCUT2D eigenvalue weighted by Gasteiger charge is 2.11. The highest BCUT2D eigenvalue weighted by molar-refractivity contribution is 7.13. The SMILES string of the molecule is CCc1ccc(-c2scnc2C(C)=O)cc1. The van der Waals surface area contributed by atoms with Crippen LogP contribution in [-0.2, 0) is 6.42 Å². The number of hydrogen-bond acceptors (Lipinski definition) is 3. The van der Waals surface area contributed by atoms with Gasteiger partial charge in [0.1, 0.15) is 5.69 Å². The summed E-state index contributed by atoms with van der Waals surface area (Å²) in [5, 5.41) is 0.